The average Bonchev–Trinajstić information content (AvgIpc) is 2.70. The first kappa shape index (κ1) is 11.7. The van der Waals surface area contributed by atoms with Crippen molar-refractivity contribution in [3.05, 3.63) is 47.0 Å². The fourth-order valence-electron chi connectivity index (χ4n) is 1.81. The summed E-state index contributed by atoms with van der Waals surface area (Å²) in [6.45, 7) is 2.46. The number of rotatable bonds is 4. The highest BCUT2D eigenvalue weighted by Crippen LogP contribution is 2.17. The highest BCUT2D eigenvalue weighted by molar-refractivity contribution is 5.32. The number of aromatic amines is 1. The highest BCUT2D eigenvalue weighted by Gasteiger charge is 2.06. The molecule has 3 N–H and O–H groups in total. The summed E-state index contributed by atoms with van der Waals surface area (Å²) in [5.41, 5.74) is 8.86. The van der Waals surface area contributed by atoms with Crippen LogP contribution in [0.4, 0.5) is 0 Å². The largest absolute Gasteiger partial charge is 0.497 e. The Morgan fingerprint density at radius 1 is 1.41 bits per heavy atom. The summed E-state index contributed by atoms with van der Waals surface area (Å²) in [4.78, 5) is 7.63. The summed E-state index contributed by atoms with van der Waals surface area (Å²) in [6, 6.07) is 8.02. The van der Waals surface area contributed by atoms with Gasteiger partial charge in [-0.1, -0.05) is 12.1 Å². The maximum Gasteiger partial charge on any atom is 0.120 e. The van der Waals surface area contributed by atoms with Gasteiger partial charge >= 0.3 is 0 Å². The number of H-pyrrole nitrogens is 1. The van der Waals surface area contributed by atoms with Gasteiger partial charge in [0.15, 0.2) is 0 Å². The van der Waals surface area contributed by atoms with E-state index in [1.165, 1.54) is 5.56 Å². The number of benzene rings is 1. The van der Waals surface area contributed by atoms with Gasteiger partial charge in [-0.3, -0.25) is 0 Å². The molecule has 0 atom stereocenters. The number of aryl methyl sites for hydroxylation is 1. The van der Waals surface area contributed by atoms with Crippen LogP contribution in [0.2, 0.25) is 0 Å². The van der Waals surface area contributed by atoms with Gasteiger partial charge in [-0.25, -0.2) is 4.98 Å². The Bertz CT molecular complexity index is 505. The zero-order chi connectivity index (χ0) is 12.3. The molecule has 0 spiro atoms. The first-order chi connectivity index (χ1) is 8.22. The second kappa shape index (κ2) is 5.01. The molecule has 0 bridgehead atoms. The number of aromatic nitrogens is 2. The third kappa shape index (κ3) is 2.65. The number of imidazole rings is 1. The van der Waals surface area contributed by atoms with Gasteiger partial charge in [0.1, 0.15) is 11.6 Å². The molecule has 1 aromatic carbocycles. The molecule has 0 aliphatic rings. The van der Waals surface area contributed by atoms with Gasteiger partial charge in [0.2, 0.25) is 0 Å². The smallest absolute Gasteiger partial charge is 0.120 e. The number of ether oxygens (including phenoxy) is 1. The van der Waals surface area contributed by atoms with Gasteiger partial charge in [0.25, 0.3) is 0 Å². The molecule has 1 heterocycles. The first-order valence-corrected chi connectivity index (χ1v) is 5.60. The molecule has 0 fully saturated rings. The third-order valence-electron chi connectivity index (χ3n) is 2.73. The molecule has 90 valence electrons. The van der Waals surface area contributed by atoms with Crippen LogP contribution in [-0.2, 0) is 13.0 Å². The second-order valence-electron chi connectivity index (χ2n) is 3.99. The molecule has 0 unspecified atom stereocenters. The Hall–Kier alpha value is -1.81. The second-order valence-corrected chi connectivity index (χ2v) is 3.99. The molecule has 0 radical (unpaired) electrons. The minimum Gasteiger partial charge on any atom is -0.497 e. The zero-order valence-electron chi connectivity index (χ0n) is 10.2. The van der Waals surface area contributed by atoms with E-state index in [-0.39, 0.29) is 0 Å². The van der Waals surface area contributed by atoms with Crippen LogP contribution in [0.15, 0.2) is 24.3 Å². The van der Waals surface area contributed by atoms with E-state index in [9.17, 15) is 0 Å². The maximum absolute atomic E-state index is 5.56. The minimum absolute atomic E-state index is 0.443. The van der Waals surface area contributed by atoms with Crippen LogP contribution in [0.1, 0.15) is 22.8 Å². The van der Waals surface area contributed by atoms with Crippen LogP contribution >= 0.6 is 0 Å². The summed E-state index contributed by atoms with van der Waals surface area (Å²) in [5, 5.41) is 0. The lowest BCUT2D eigenvalue weighted by molar-refractivity contribution is 0.414. The Morgan fingerprint density at radius 2 is 2.24 bits per heavy atom. The number of nitrogens with two attached hydrogens (primary N) is 1. The predicted molar refractivity (Wildman–Crippen MR) is 67.0 cm³/mol. The molecular formula is C13H17N3O. The average molecular weight is 231 g/mol. The van der Waals surface area contributed by atoms with E-state index in [1.807, 2.05) is 25.1 Å². The first-order valence-electron chi connectivity index (χ1n) is 5.60. The molecule has 17 heavy (non-hydrogen) atoms. The molecule has 4 heteroatoms. The van der Waals surface area contributed by atoms with Crippen molar-refractivity contribution in [3.8, 4) is 5.75 Å². The lowest BCUT2D eigenvalue weighted by Crippen LogP contribution is -1.98. The Labute approximate surface area is 101 Å². The van der Waals surface area contributed by atoms with Crippen molar-refractivity contribution in [1.29, 1.82) is 0 Å². The summed E-state index contributed by atoms with van der Waals surface area (Å²) < 4.78 is 5.20. The van der Waals surface area contributed by atoms with Crippen molar-refractivity contribution in [2.45, 2.75) is 19.9 Å². The topological polar surface area (TPSA) is 63.9 Å². The molecule has 4 nitrogen and oxygen atoms in total. The molecule has 2 aromatic rings. The van der Waals surface area contributed by atoms with E-state index in [2.05, 4.69) is 16.0 Å². The van der Waals surface area contributed by atoms with Crippen LogP contribution in [0, 0.1) is 6.92 Å². The fraction of sp³-hybridized carbons (Fsp3) is 0.308. The van der Waals surface area contributed by atoms with E-state index in [1.54, 1.807) is 7.11 Å². The molecule has 0 aliphatic carbocycles. The monoisotopic (exact) mass is 231 g/mol. The van der Waals surface area contributed by atoms with Crippen LogP contribution in [0.3, 0.4) is 0 Å². The molecule has 0 saturated carbocycles. The maximum atomic E-state index is 5.56. The molecule has 0 amide bonds. The fourth-order valence-corrected chi connectivity index (χ4v) is 1.81. The van der Waals surface area contributed by atoms with Crippen LogP contribution in [0.5, 0.6) is 5.75 Å². The van der Waals surface area contributed by atoms with E-state index >= 15 is 0 Å². The van der Waals surface area contributed by atoms with Gasteiger partial charge in [0.05, 0.1) is 19.3 Å². The van der Waals surface area contributed by atoms with E-state index in [4.69, 9.17) is 10.5 Å². The van der Waals surface area contributed by atoms with Gasteiger partial charge in [0, 0.05) is 12.1 Å². The summed E-state index contributed by atoms with van der Waals surface area (Å²) in [7, 11) is 1.67. The van der Waals surface area contributed by atoms with Crippen LogP contribution in [0.25, 0.3) is 0 Å². The lowest BCUT2D eigenvalue weighted by Gasteiger charge is -2.03. The van der Waals surface area contributed by atoms with Gasteiger partial charge in [-0.15, -0.1) is 0 Å². The van der Waals surface area contributed by atoms with Gasteiger partial charge in [-0.2, -0.15) is 0 Å². The van der Waals surface area contributed by atoms with E-state index < -0.39 is 0 Å². The van der Waals surface area contributed by atoms with E-state index in [0.29, 0.717) is 6.54 Å². The number of hydrogen-bond acceptors (Lipinski definition) is 3. The minimum atomic E-state index is 0.443. The van der Waals surface area contributed by atoms with E-state index in [0.717, 1.165) is 29.4 Å². The van der Waals surface area contributed by atoms with Gasteiger partial charge < -0.3 is 15.5 Å². The Balaban J connectivity index is 2.21. The molecule has 0 saturated heterocycles. The van der Waals surface area contributed by atoms with Crippen molar-refractivity contribution < 1.29 is 4.74 Å². The number of nitrogens with zero attached hydrogens (tertiary/aromatic N) is 1. The van der Waals surface area contributed by atoms with Crippen molar-refractivity contribution in [2.24, 2.45) is 5.73 Å². The molecule has 2 rings (SSSR count). The van der Waals surface area contributed by atoms with Crippen molar-refractivity contribution >= 4 is 0 Å². The Morgan fingerprint density at radius 3 is 2.88 bits per heavy atom. The normalized spacial score (nSPS) is 10.5. The third-order valence-corrected chi connectivity index (χ3v) is 2.73. The van der Waals surface area contributed by atoms with Crippen molar-refractivity contribution in [3.63, 3.8) is 0 Å². The molecule has 0 aliphatic heterocycles. The van der Waals surface area contributed by atoms with Crippen molar-refractivity contribution in [1.82, 2.24) is 9.97 Å². The molecule has 1 aromatic heterocycles. The number of hydrogen-bond donors (Lipinski definition) is 2. The van der Waals surface area contributed by atoms with Crippen molar-refractivity contribution in [2.75, 3.05) is 7.11 Å². The summed E-state index contributed by atoms with van der Waals surface area (Å²) in [6.07, 6.45) is 0.791. The summed E-state index contributed by atoms with van der Waals surface area (Å²) >= 11 is 0. The number of methoxy groups -OCH3 is 1. The quantitative estimate of drug-likeness (QED) is 0.843. The lowest BCUT2D eigenvalue weighted by atomic mass is 10.1. The highest BCUT2D eigenvalue weighted by atomic mass is 16.5. The predicted octanol–water partition coefficient (Wildman–Crippen LogP) is 1.78. The Kier molecular flexibility index (Phi) is 3.44. The zero-order valence-corrected chi connectivity index (χ0v) is 10.2. The standard InChI is InChI=1S/C13H17N3O/c1-9-12(16-13(8-14)15-9)7-10-4-3-5-11(6-10)17-2/h3-6H,7-8,14H2,1-2H3,(H,15,16). The van der Waals surface area contributed by atoms with Crippen LogP contribution in [-0.4, -0.2) is 17.1 Å². The van der Waals surface area contributed by atoms with Gasteiger partial charge in [-0.05, 0) is 24.6 Å². The van der Waals surface area contributed by atoms with Crippen LogP contribution < -0.4 is 10.5 Å². The summed E-state index contributed by atoms with van der Waals surface area (Å²) in [5.74, 6) is 1.70. The SMILES string of the molecule is COc1cccc(Cc2nc(CN)[nH]c2C)c1. The number of nitrogens with one attached hydrogen (secondary N) is 1. The molecular weight excluding hydrogens is 214 g/mol.